The molecule has 2 N–H and O–H groups in total. The SMILES string of the molecule is Cc1ccc(Nc2ccc([N+](=O)[O-])c(C(=O)O)c2)c(F)c1. The van der Waals surface area contributed by atoms with Crippen LogP contribution in [0.1, 0.15) is 15.9 Å². The van der Waals surface area contributed by atoms with Crippen LogP contribution >= 0.6 is 0 Å². The number of aromatic carboxylic acids is 1. The first-order valence-electron chi connectivity index (χ1n) is 5.93. The van der Waals surface area contributed by atoms with Gasteiger partial charge in [0, 0.05) is 11.8 Å². The van der Waals surface area contributed by atoms with Gasteiger partial charge >= 0.3 is 5.97 Å². The molecule has 0 heterocycles. The average molecular weight is 290 g/mol. The Morgan fingerprint density at radius 2 is 2.00 bits per heavy atom. The first-order valence-corrected chi connectivity index (χ1v) is 5.93. The first-order chi connectivity index (χ1) is 9.88. The van der Waals surface area contributed by atoms with Gasteiger partial charge in [0.25, 0.3) is 5.69 Å². The highest BCUT2D eigenvalue weighted by atomic mass is 19.1. The Hall–Kier alpha value is -2.96. The summed E-state index contributed by atoms with van der Waals surface area (Å²) in [6, 6.07) is 8.01. The van der Waals surface area contributed by atoms with E-state index in [-0.39, 0.29) is 11.4 Å². The summed E-state index contributed by atoms with van der Waals surface area (Å²) in [5.41, 5.74) is 0.175. The van der Waals surface area contributed by atoms with Crippen LogP contribution in [0.15, 0.2) is 36.4 Å². The van der Waals surface area contributed by atoms with E-state index < -0.39 is 28.0 Å². The molecule has 0 fully saturated rings. The van der Waals surface area contributed by atoms with Gasteiger partial charge in [-0.3, -0.25) is 10.1 Å². The lowest BCUT2D eigenvalue weighted by atomic mass is 10.1. The number of carboxylic acid groups (broad SMARTS) is 1. The Morgan fingerprint density at radius 1 is 1.29 bits per heavy atom. The fraction of sp³-hybridized carbons (Fsp3) is 0.0714. The van der Waals surface area contributed by atoms with E-state index in [1.54, 1.807) is 13.0 Å². The number of nitro benzene ring substituents is 1. The van der Waals surface area contributed by atoms with E-state index >= 15 is 0 Å². The molecule has 21 heavy (non-hydrogen) atoms. The maximum atomic E-state index is 13.7. The van der Waals surface area contributed by atoms with Gasteiger partial charge in [-0.1, -0.05) is 6.07 Å². The van der Waals surface area contributed by atoms with E-state index in [4.69, 9.17) is 5.11 Å². The maximum Gasteiger partial charge on any atom is 0.342 e. The van der Waals surface area contributed by atoms with Crippen molar-refractivity contribution < 1.29 is 19.2 Å². The standard InChI is InChI=1S/C14H11FN2O4/c1-8-2-4-12(11(15)6-8)16-9-3-5-13(17(20)21)10(7-9)14(18)19/h2-7,16H,1H3,(H,18,19). The second-order valence-electron chi connectivity index (χ2n) is 4.40. The molecule has 2 aromatic carbocycles. The number of rotatable bonds is 4. The molecule has 0 radical (unpaired) electrons. The fourth-order valence-electron chi connectivity index (χ4n) is 1.82. The largest absolute Gasteiger partial charge is 0.477 e. The predicted molar refractivity (Wildman–Crippen MR) is 74.5 cm³/mol. The van der Waals surface area contributed by atoms with Crippen molar-refractivity contribution in [1.82, 2.24) is 0 Å². The first kappa shape index (κ1) is 14.4. The summed E-state index contributed by atoms with van der Waals surface area (Å²) in [5.74, 6) is -1.92. The zero-order valence-electron chi connectivity index (χ0n) is 11.0. The number of hydrogen-bond donors (Lipinski definition) is 2. The molecule has 2 rings (SSSR count). The van der Waals surface area contributed by atoms with Gasteiger partial charge in [-0.2, -0.15) is 0 Å². The van der Waals surface area contributed by atoms with Crippen LogP contribution in [0.3, 0.4) is 0 Å². The van der Waals surface area contributed by atoms with Crippen molar-refractivity contribution in [3.05, 3.63) is 63.5 Å². The molecular formula is C14H11FN2O4. The fourth-order valence-corrected chi connectivity index (χ4v) is 1.82. The molecule has 0 aliphatic carbocycles. The molecule has 0 aliphatic rings. The molecule has 0 saturated carbocycles. The molecule has 0 atom stereocenters. The zero-order valence-corrected chi connectivity index (χ0v) is 11.0. The molecule has 0 aliphatic heterocycles. The third-order valence-corrected chi connectivity index (χ3v) is 2.83. The van der Waals surface area contributed by atoms with E-state index in [1.165, 1.54) is 18.2 Å². The number of nitrogens with one attached hydrogen (secondary N) is 1. The van der Waals surface area contributed by atoms with Gasteiger partial charge in [-0.15, -0.1) is 0 Å². The number of carboxylic acids is 1. The lowest BCUT2D eigenvalue weighted by molar-refractivity contribution is -0.385. The number of benzene rings is 2. The highest BCUT2D eigenvalue weighted by molar-refractivity contribution is 5.93. The van der Waals surface area contributed by atoms with Crippen molar-refractivity contribution in [3.8, 4) is 0 Å². The molecule has 7 heteroatoms. The van der Waals surface area contributed by atoms with Crippen molar-refractivity contribution in [2.24, 2.45) is 0 Å². The van der Waals surface area contributed by atoms with Crippen LogP contribution in [0, 0.1) is 22.9 Å². The van der Waals surface area contributed by atoms with E-state index in [0.717, 1.165) is 17.7 Å². The Balaban J connectivity index is 2.39. The molecule has 0 aromatic heterocycles. The summed E-state index contributed by atoms with van der Waals surface area (Å²) >= 11 is 0. The van der Waals surface area contributed by atoms with Crippen LogP contribution in [0.2, 0.25) is 0 Å². The lowest BCUT2D eigenvalue weighted by Crippen LogP contribution is -2.04. The Labute approximate surface area is 119 Å². The third-order valence-electron chi connectivity index (χ3n) is 2.83. The number of nitrogens with zero attached hydrogens (tertiary/aromatic N) is 1. The van der Waals surface area contributed by atoms with Crippen molar-refractivity contribution in [1.29, 1.82) is 0 Å². The molecule has 0 amide bonds. The smallest absolute Gasteiger partial charge is 0.342 e. The predicted octanol–water partition coefficient (Wildman–Crippen LogP) is 3.48. The Kier molecular flexibility index (Phi) is 3.84. The van der Waals surface area contributed by atoms with Crippen molar-refractivity contribution in [2.75, 3.05) is 5.32 Å². The van der Waals surface area contributed by atoms with E-state index in [1.807, 2.05) is 0 Å². The minimum atomic E-state index is -1.42. The van der Waals surface area contributed by atoms with E-state index in [0.29, 0.717) is 0 Å². The Bertz CT molecular complexity index is 731. The number of anilines is 2. The second kappa shape index (κ2) is 5.58. The second-order valence-corrected chi connectivity index (χ2v) is 4.40. The maximum absolute atomic E-state index is 13.7. The third kappa shape index (κ3) is 3.14. The van der Waals surface area contributed by atoms with Gasteiger partial charge in [-0.05, 0) is 36.8 Å². The van der Waals surface area contributed by atoms with E-state index in [9.17, 15) is 19.3 Å². The number of nitro groups is 1. The molecule has 108 valence electrons. The normalized spacial score (nSPS) is 10.2. The quantitative estimate of drug-likeness (QED) is 0.664. The van der Waals surface area contributed by atoms with Crippen LogP contribution in [-0.2, 0) is 0 Å². The minimum Gasteiger partial charge on any atom is -0.477 e. The Morgan fingerprint density at radius 3 is 2.57 bits per heavy atom. The van der Waals surface area contributed by atoms with Gasteiger partial charge in [0.15, 0.2) is 0 Å². The average Bonchev–Trinajstić information content (AvgIpc) is 2.41. The zero-order chi connectivity index (χ0) is 15.6. The van der Waals surface area contributed by atoms with Crippen molar-refractivity contribution in [2.45, 2.75) is 6.92 Å². The molecular weight excluding hydrogens is 279 g/mol. The minimum absolute atomic E-state index is 0.158. The summed E-state index contributed by atoms with van der Waals surface area (Å²) < 4.78 is 13.7. The van der Waals surface area contributed by atoms with Gasteiger partial charge < -0.3 is 10.4 Å². The van der Waals surface area contributed by atoms with Crippen LogP contribution in [0.4, 0.5) is 21.5 Å². The monoisotopic (exact) mass is 290 g/mol. The van der Waals surface area contributed by atoms with Crippen molar-refractivity contribution >= 4 is 23.0 Å². The summed E-state index contributed by atoms with van der Waals surface area (Å²) in [7, 11) is 0. The summed E-state index contributed by atoms with van der Waals surface area (Å²) in [6.45, 7) is 1.74. The number of carbonyl (C=O) groups is 1. The number of aryl methyl sites for hydroxylation is 1. The molecule has 6 nitrogen and oxygen atoms in total. The van der Waals surface area contributed by atoms with Crippen LogP contribution in [0.5, 0.6) is 0 Å². The topological polar surface area (TPSA) is 92.5 Å². The molecule has 2 aromatic rings. The van der Waals surface area contributed by atoms with Gasteiger partial charge in [0.05, 0.1) is 10.6 Å². The van der Waals surface area contributed by atoms with Crippen LogP contribution in [0.25, 0.3) is 0 Å². The van der Waals surface area contributed by atoms with Gasteiger partial charge in [0.2, 0.25) is 0 Å². The summed E-state index contributed by atoms with van der Waals surface area (Å²) in [5, 5.41) is 22.4. The highest BCUT2D eigenvalue weighted by Gasteiger charge is 2.20. The van der Waals surface area contributed by atoms with Crippen LogP contribution in [-0.4, -0.2) is 16.0 Å². The van der Waals surface area contributed by atoms with Gasteiger partial charge in [-0.25, -0.2) is 9.18 Å². The molecule has 0 bridgehead atoms. The lowest BCUT2D eigenvalue weighted by Gasteiger charge is -2.09. The number of halogens is 1. The molecule has 0 spiro atoms. The van der Waals surface area contributed by atoms with Crippen molar-refractivity contribution in [3.63, 3.8) is 0 Å². The summed E-state index contributed by atoms with van der Waals surface area (Å²) in [6.07, 6.45) is 0. The van der Waals surface area contributed by atoms with Gasteiger partial charge in [0.1, 0.15) is 11.4 Å². The van der Waals surface area contributed by atoms with E-state index in [2.05, 4.69) is 5.32 Å². The number of hydrogen-bond acceptors (Lipinski definition) is 4. The molecule has 0 saturated heterocycles. The highest BCUT2D eigenvalue weighted by Crippen LogP contribution is 2.26. The molecule has 0 unspecified atom stereocenters. The van der Waals surface area contributed by atoms with Crippen LogP contribution < -0.4 is 5.32 Å². The summed E-state index contributed by atoms with van der Waals surface area (Å²) in [4.78, 5) is 21.0.